The van der Waals surface area contributed by atoms with Gasteiger partial charge in [0.15, 0.2) is 0 Å². The highest BCUT2D eigenvalue weighted by Crippen LogP contribution is 2.22. The van der Waals surface area contributed by atoms with E-state index in [1.54, 1.807) is 6.33 Å². The third-order valence-corrected chi connectivity index (χ3v) is 2.28. The van der Waals surface area contributed by atoms with Gasteiger partial charge in [-0.15, -0.1) is 0 Å². The number of hydrogen-bond donors (Lipinski definition) is 2. The van der Waals surface area contributed by atoms with Crippen molar-refractivity contribution in [3.05, 3.63) is 16.7 Å². The van der Waals surface area contributed by atoms with Crippen LogP contribution in [-0.2, 0) is 0 Å². The maximum Gasteiger partial charge on any atom is 0.298 e. The second-order valence-corrected chi connectivity index (χ2v) is 3.63. The van der Waals surface area contributed by atoms with Crippen molar-refractivity contribution in [2.75, 3.05) is 23.7 Å². The molecule has 1 aromatic heterocycles. The average molecular weight is 194 g/mol. The third kappa shape index (κ3) is 1.34. The van der Waals surface area contributed by atoms with E-state index in [9.17, 15) is 4.79 Å². The van der Waals surface area contributed by atoms with Gasteiger partial charge in [0.1, 0.15) is 17.8 Å². The molecule has 0 radical (unpaired) electrons. The van der Waals surface area contributed by atoms with Crippen LogP contribution in [0.5, 0.6) is 0 Å². The molecule has 0 fully saturated rings. The van der Waals surface area contributed by atoms with E-state index in [-0.39, 0.29) is 5.56 Å². The Labute approximate surface area is 82.2 Å². The fraction of sp³-hybridized carbons (Fsp3) is 0.556. The number of aromatic nitrogens is 2. The summed E-state index contributed by atoms with van der Waals surface area (Å²) in [5, 5.41) is 6.28. The summed E-state index contributed by atoms with van der Waals surface area (Å²) in [6, 6.07) is 0.296. The van der Waals surface area contributed by atoms with E-state index in [4.69, 9.17) is 0 Å². The first-order valence-electron chi connectivity index (χ1n) is 4.79. The van der Waals surface area contributed by atoms with Gasteiger partial charge in [-0.2, -0.15) is 4.98 Å². The number of hydrogen-bond acceptors (Lipinski definition) is 4. The van der Waals surface area contributed by atoms with Gasteiger partial charge in [0.25, 0.3) is 5.56 Å². The molecule has 2 rings (SSSR count). The molecule has 0 aliphatic carbocycles. The molecule has 0 amide bonds. The Morgan fingerprint density at radius 3 is 2.86 bits per heavy atom. The molecule has 5 nitrogen and oxygen atoms in total. The Kier molecular flexibility index (Phi) is 2.15. The van der Waals surface area contributed by atoms with Crippen molar-refractivity contribution in [3.8, 4) is 0 Å². The first kappa shape index (κ1) is 9.05. The molecule has 0 atom stereocenters. The molecular formula is C9H14N4O. The van der Waals surface area contributed by atoms with Crippen LogP contribution in [0.1, 0.15) is 19.9 Å². The number of rotatable bonds is 1. The zero-order valence-electron chi connectivity index (χ0n) is 8.37. The minimum Gasteiger partial charge on any atom is -0.376 e. The fourth-order valence-corrected chi connectivity index (χ4v) is 1.57. The van der Waals surface area contributed by atoms with Crippen LogP contribution in [0.4, 0.5) is 11.5 Å². The highest BCUT2D eigenvalue weighted by atomic mass is 16.1. The van der Waals surface area contributed by atoms with Crippen molar-refractivity contribution in [2.24, 2.45) is 0 Å². The van der Waals surface area contributed by atoms with Gasteiger partial charge in [-0.3, -0.25) is 4.79 Å². The van der Waals surface area contributed by atoms with Crippen LogP contribution < -0.4 is 16.2 Å². The summed E-state index contributed by atoms with van der Waals surface area (Å²) >= 11 is 0. The van der Waals surface area contributed by atoms with Gasteiger partial charge in [-0.1, -0.05) is 0 Å². The molecule has 1 aliphatic rings. The zero-order chi connectivity index (χ0) is 10.1. The molecule has 0 saturated carbocycles. The molecule has 0 spiro atoms. The van der Waals surface area contributed by atoms with Gasteiger partial charge in [0, 0.05) is 19.1 Å². The summed E-state index contributed by atoms with van der Waals surface area (Å²) in [6.07, 6.45) is 1.59. The van der Waals surface area contributed by atoms with Crippen LogP contribution in [0, 0.1) is 0 Å². The monoisotopic (exact) mass is 194 g/mol. The van der Waals surface area contributed by atoms with Crippen LogP contribution in [0.15, 0.2) is 11.1 Å². The highest BCUT2D eigenvalue weighted by molar-refractivity contribution is 5.65. The number of nitrogens with one attached hydrogen (secondary N) is 2. The second-order valence-electron chi connectivity index (χ2n) is 3.63. The Hall–Kier alpha value is -1.52. The quantitative estimate of drug-likeness (QED) is 0.689. The average Bonchev–Trinajstić information content (AvgIpc) is 2.18. The van der Waals surface area contributed by atoms with Crippen LogP contribution in [-0.4, -0.2) is 22.6 Å². The van der Waals surface area contributed by atoms with Crippen LogP contribution in [0.3, 0.4) is 0 Å². The van der Waals surface area contributed by atoms with Crippen molar-refractivity contribution in [2.45, 2.75) is 19.9 Å². The molecule has 0 bridgehead atoms. The van der Waals surface area contributed by atoms with E-state index < -0.39 is 0 Å². The molecule has 0 aromatic carbocycles. The van der Waals surface area contributed by atoms with E-state index in [0.29, 0.717) is 11.7 Å². The summed E-state index contributed by atoms with van der Waals surface area (Å²) in [5.74, 6) is 0.853. The Morgan fingerprint density at radius 2 is 2.14 bits per heavy atom. The van der Waals surface area contributed by atoms with Crippen molar-refractivity contribution in [3.63, 3.8) is 0 Å². The Morgan fingerprint density at radius 1 is 1.43 bits per heavy atom. The fourth-order valence-electron chi connectivity index (χ4n) is 1.57. The maximum absolute atomic E-state index is 11.4. The minimum atomic E-state index is -0.191. The summed E-state index contributed by atoms with van der Waals surface area (Å²) < 4.78 is 1.96. The molecule has 14 heavy (non-hydrogen) atoms. The van der Waals surface area contributed by atoms with E-state index in [0.717, 1.165) is 18.9 Å². The van der Waals surface area contributed by atoms with Gasteiger partial charge in [0.05, 0.1) is 0 Å². The Balaban J connectivity index is 2.59. The molecule has 2 heterocycles. The first-order chi connectivity index (χ1) is 6.70. The lowest BCUT2D eigenvalue weighted by atomic mass is 10.3. The lowest BCUT2D eigenvalue weighted by Gasteiger charge is -2.24. The van der Waals surface area contributed by atoms with Gasteiger partial charge >= 0.3 is 0 Å². The van der Waals surface area contributed by atoms with Gasteiger partial charge < -0.3 is 15.2 Å². The number of nitrogens with zero attached hydrogens (tertiary/aromatic N) is 2. The molecule has 0 unspecified atom stereocenters. The number of anilines is 2. The third-order valence-electron chi connectivity index (χ3n) is 2.28. The van der Waals surface area contributed by atoms with Crippen molar-refractivity contribution in [1.82, 2.24) is 9.55 Å². The minimum absolute atomic E-state index is 0.191. The summed E-state index contributed by atoms with van der Waals surface area (Å²) in [6.45, 7) is 5.72. The standard InChI is InChI=1S/C9H14N4O/c1-6(2)13-5-12-9(14)7-8(13)11-4-3-10-7/h5-6,10-11H,3-4H2,1-2H3. The summed E-state index contributed by atoms with van der Waals surface area (Å²) in [4.78, 5) is 15.2. The molecule has 0 saturated heterocycles. The summed E-state index contributed by atoms with van der Waals surface area (Å²) in [5.41, 5.74) is 0.400. The van der Waals surface area contributed by atoms with Gasteiger partial charge in [0.2, 0.25) is 0 Å². The van der Waals surface area contributed by atoms with Crippen molar-refractivity contribution in [1.29, 1.82) is 0 Å². The number of fused-ring (bicyclic) bond motifs is 1. The predicted octanol–water partition coefficient (Wildman–Crippen LogP) is 0.662. The zero-order valence-corrected chi connectivity index (χ0v) is 8.37. The normalized spacial score (nSPS) is 14.5. The molecule has 5 heteroatoms. The molecule has 2 N–H and O–H groups in total. The maximum atomic E-state index is 11.4. The smallest absolute Gasteiger partial charge is 0.298 e. The molecule has 1 aliphatic heterocycles. The van der Waals surface area contributed by atoms with E-state index in [1.165, 1.54) is 0 Å². The first-order valence-corrected chi connectivity index (χ1v) is 4.79. The van der Waals surface area contributed by atoms with E-state index in [2.05, 4.69) is 29.5 Å². The topological polar surface area (TPSA) is 59.0 Å². The lowest BCUT2D eigenvalue weighted by Crippen LogP contribution is -2.30. The molecular weight excluding hydrogens is 180 g/mol. The molecule has 1 aromatic rings. The lowest BCUT2D eigenvalue weighted by molar-refractivity contribution is 0.587. The predicted molar refractivity (Wildman–Crippen MR) is 55.9 cm³/mol. The van der Waals surface area contributed by atoms with E-state index in [1.807, 2.05) is 4.57 Å². The van der Waals surface area contributed by atoms with Crippen LogP contribution in [0.2, 0.25) is 0 Å². The van der Waals surface area contributed by atoms with Gasteiger partial charge in [-0.05, 0) is 13.8 Å². The van der Waals surface area contributed by atoms with E-state index >= 15 is 0 Å². The van der Waals surface area contributed by atoms with Crippen molar-refractivity contribution < 1.29 is 0 Å². The largest absolute Gasteiger partial charge is 0.376 e. The SMILES string of the molecule is CC(C)n1cnc(=O)c2c1NCCN2. The molecule has 76 valence electrons. The van der Waals surface area contributed by atoms with Crippen LogP contribution >= 0.6 is 0 Å². The summed E-state index contributed by atoms with van der Waals surface area (Å²) in [7, 11) is 0. The van der Waals surface area contributed by atoms with Crippen molar-refractivity contribution >= 4 is 11.5 Å². The second kappa shape index (κ2) is 3.32. The Bertz CT molecular complexity index is 396. The van der Waals surface area contributed by atoms with Gasteiger partial charge in [-0.25, -0.2) is 0 Å². The highest BCUT2D eigenvalue weighted by Gasteiger charge is 2.16. The van der Waals surface area contributed by atoms with Crippen LogP contribution in [0.25, 0.3) is 0 Å².